The molecule has 4 amide bonds. The number of nitrogens with one attached hydrogen (secondary N) is 4. The van der Waals surface area contributed by atoms with Crippen molar-refractivity contribution in [1.82, 2.24) is 21.3 Å². The lowest BCUT2D eigenvalue weighted by atomic mass is 9.81. The van der Waals surface area contributed by atoms with Gasteiger partial charge >= 0.3 is 40.9 Å². The van der Waals surface area contributed by atoms with E-state index in [1.807, 2.05) is 42.5 Å². The largest absolute Gasteiger partial charge is 0.481 e. The summed E-state index contributed by atoms with van der Waals surface area (Å²) in [7, 11) is -3.11. The van der Waals surface area contributed by atoms with Crippen LogP contribution in [0.25, 0.3) is 0 Å². The summed E-state index contributed by atoms with van der Waals surface area (Å²) in [6.45, 7) is 16.5. The van der Waals surface area contributed by atoms with Crippen molar-refractivity contribution in [2.45, 2.75) is 225 Å². The molecule has 3 atom stereocenters. The highest BCUT2D eigenvalue weighted by Gasteiger charge is 2.44. The average molecular weight is 1550 g/mol. The summed E-state index contributed by atoms with van der Waals surface area (Å²) in [6, 6.07) is 32.4. The fourth-order valence-corrected chi connectivity index (χ4v) is 13.9. The van der Waals surface area contributed by atoms with Gasteiger partial charge in [-0.1, -0.05) is 151 Å². The molecule has 3 aliphatic rings. The van der Waals surface area contributed by atoms with Gasteiger partial charge < -0.3 is 52.6 Å². The minimum atomic E-state index is -3.11. The van der Waals surface area contributed by atoms with Crippen LogP contribution in [-0.2, 0) is 82.2 Å². The topological polar surface area (TPSA) is 407 Å². The molecule has 0 bridgehead atoms. The van der Waals surface area contributed by atoms with Gasteiger partial charge in [0.1, 0.15) is 29.9 Å². The van der Waals surface area contributed by atoms with E-state index in [0.717, 1.165) is 118 Å². The Morgan fingerprint density at radius 1 is 0.649 bits per heavy atom. The van der Waals surface area contributed by atoms with Crippen LogP contribution in [0, 0.1) is 5.92 Å². The zero-order valence-corrected chi connectivity index (χ0v) is 65.8. The number of para-hydroxylation sites is 2. The number of Topliss-reactive ketones (excluding diaryl/α,β-unsaturated/α-hetero) is 2. The Morgan fingerprint density at radius 3 is 1.92 bits per heavy atom. The Morgan fingerprint density at radius 2 is 1.27 bits per heavy atom. The number of hydrogen-bond donors (Lipinski definition) is 8. The monoisotopic (exact) mass is 1550 g/mol. The van der Waals surface area contributed by atoms with Gasteiger partial charge in [0, 0.05) is 105 Å². The van der Waals surface area contributed by atoms with Gasteiger partial charge in [0.2, 0.25) is 17.5 Å². The molecule has 111 heavy (non-hydrogen) atoms. The van der Waals surface area contributed by atoms with Crippen LogP contribution in [0.5, 0.6) is 5.75 Å². The first kappa shape index (κ1) is 92.6. The average Bonchev–Trinajstić information content (AvgIpc) is 1.60. The van der Waals surface area contributed by atoms with Crippen molar-refractivity contribution in [2.75, 3.05) is 37.6 Å². The third-order valence-corrected chi connectivity index (χ3v) is 19.6. The number of hydrogen-bond acceptors (Lipinski definition) is 17. The number of aliphatic imine (C=N–C) groups is 1. The number of allylic oxidation sites excluding steroid dienone is 7. The van der Waals surface area contributed by atoms with Gasteiger partial charge in [-0.25, -0.2) is 9.59 Å². The van der Waals surface area contributed by atoms with E-state index >= 15 is 0 Å². The first-order valence-electron chi connectivity index (χ1n) is 38.3. The van der Waals surface area contributed by atoms with E-state index in [1.165, 1.54) is 40.3 Å². The maximum Gasteiger partial charge on any atom is 0.425 e. The smallest absolute Gasteiger partial charge is 0.425 e. The summed E-state index contributed by atoms with van der Waals surface area (Å²) >= 11 is 0. The predicted molar refractivity (Wildman–Crippen MR) is 421 cm³/mol. The van der Waals surface area contributed by atoms with Gasteiger partial charge in [-0.2, -0.15) is 23.8 Å². The molecule has 10 N–H and O–H groups in total. The SMILES string of the molecule is CCCCC[N+]1=C(/C=C/C2=C(Oc3ccc(CCNC(=O)[C@H](CCCN=C(N)N)CC(=O)[C@H](Cc4ccccc4)NC(=O)CCCCCCCCC(=O)CCCNC(=O)N[C@@H](CCC(=O)O)C(=O)O)cc3)C(=C/C=C3/N(CCCC)c4ccccc4C3(C)C)/CCC2)C(C)(C)c2ccccc21.O=C=O.O=C=O.O=S(=O)=O. The third-order valence-electron chi connectivity index (χ3n) is 19.6. The van der Waals surface area contributed by atoms with E-state index in [-0.39, 0.29) is 97.7 Å². The number of nitrogens with zero attached hydrogens (tertiary/aromatic N) is 3. The number of fused-ring (bicyclic) bond motifs is 2. The van der Waals surface area contributed by atoms with E-state index in [4.69, 9.17) is 53.1 Å². The standard InChI is InChI=1S/C82H111N9O10.2CO2.O3S/c1-7-9-24-55-91-70-38-23-21-36-66(70)82(5,6)73(91)48-43-61-31-25-30-60(42-47-72-81(3,4)65-35-20-22-37-69(65)90(72)54-10-8-2)76(61)101-64-44-40-58(41-45-64)50-53-85-77(97)62(32-26-51-86-79(83)84)57-71(93)68(56-59-28-16-15-17-29-59)88-74(94)39-19-14-12-11-13-18-33-63(92)34-27-52-87-80(100)89-67(78(98)99)46-49-75(95)96;2*2-1-3;1-4(2)3/h15-17,20-23,28-29,35-38,40-45,47-48,62,67-68H,7-14,18-19,24-27,30-34,39,46,49-57H2,1-6H3,(H9-,83,84,85,86,87,88,89,94,95,96,97,98,99,100);;;/p+1/t62-,67+,68+;;;/m1.../s1. The van der Waals surface area contributed by atoms with Crippen LogP contribution >= 0.6 is 0 Å². The fraction of sp³-hybridized carbons (Fsp3) is 0.488. The molecule has 2 aliphatic heterocycles. The number of urea groups is 1. The number of guanidine groups is 1. The van der Waals surface area contributed by atoms with Gasteiger partial charge in [0.05, 0.1) is 11.5 Å². The number of carbonyl (C=O) groups is 7. The van der Waals surface area contributed by atoms with Crippen molar-refractivity contribution in [3.05, 3.63) is 172 Å². The number of ether oxygens (including phenoxy) is 1. The Bertz CT molecular complexity index is 4100. The highest BCUT2D eigenvalue weighted by atomic mass is 32.2. The molecule has 0 radical (unpaired) electrons. The van der Waals surface area contributed by atoms with E-state index in [2.05, 4.69) is 162 Å². The Balaban J connectivity index is 0.00000245. The first-order valence-corrected chi connectivity index (χ1v) is 39.3. The summed E-state index contributed by atoms with van der Waals surface area (Å²) in [6.07, 6.45) is 25.0. The van der Waals surface area contributed by atoms with Crippen molar-refractivity contribution in [2.24, 2.45) is 22.4 Å². The van der Waals surface area contributed by atoms with Crippen molar-refractivity contribution in [3.63, 3.8) is 0 Å². The van der Waals surface area contributed by atoms with Crippen LogP contribution in [-0.4, -0.2) is 138 Å². The fourth-order valence-electron chi connectivity index (χ4n) is 13.9. The minimum Gasteiger partial charge on any atom is -0.481 e. The van der Waals surface area contributed by atoms with Gasteiger partial charge in [0.25, 0.3) is 0 Å². The van der Waals surface area contributed by atoms with Crippen molar-refractivity contribution in [1.29, 1.82) is 0 Å². The number of nitrogens with two attached hydrogens (primary N) is 2. The molecule has 0 saturated carbocycles. The lowest BCUT2D eigenvalue weighted by molar-refractivity contribution is -0.438. The van der Waals surface area contributed by atoms with Crippen LogP contribution in [0.3, 0.4) is 0 Å². The second-order valence-electron chi connectivity index (χ2n) is 28.6. The summed E-state index contributed by atoms with van der Waals surface area (Å²) in [5, 5.41) is 29.0. The molecule has 0 spiro atoms. The maximum atomic E-state index is 14.4. The number of carboxylic acid groups (broad SMARTS) is 2. The lowest BCUT2D eigenvalue weighted by Crippen LogP contribution is -2.46. The number of ketones is 2. The molecular formula is C84H112N9O17S+. The number of benzene rings is 4. The summed E-state index contributed by atoms with van der Waals surface area (Å²) < 4.78 is 35.0. The summed E-state index contributed by atoms with van der Waals surface area (Å²) in [4.78, 5) is 128. The lowest BCUT2D eigenvalue weighted by Gasteiger charge is -2.27. The highest BCUT2D eigenvalue weighted by molar-refractivity contribution is 7.59. The van der Waals surface area contributed by atoms with Crippen molar-refractivity contribution < 1.29 is 84.9 Å². The number of carbonyl (C=O) groups excluding carboxylic acids is 9. The van der Waals surface area contributed by atoms with Crippen LogP contribution in [0.15, 0.2) is 155 Å². The Hall–Kier alpha value is -10.8. The van der Waals surface area contributed by atoms with Crippen LogP contribution < -0.4 is 42.4 Å². The third kappa shape index (κ3) is 32.4. The van der Waals surface area contributed by atoms with Crippen molar-refractivity contribution >= 4 is 87.3 Å². The van der Waals surface area contributed by atoms with E-state index in [0.29, 0.717) is 51.5 Å². The Kier molecular flexibility index (Phi) is 41.8. The Labute approximate surface area is 653 Å². The van der Waals surface area contributed by atoms with Crippen LogP contribution in [0.4, 0.5) is 16.2 Å². The van der Waals surface area contributed by atoms with E-state index in [9.17, 15) is 38.7 Å². The molecule has 7 rings (SSSR count). The number of amides is 4. The van der Waals surface area contributed by atoms with Crippen molar-refractivity contribution in [3.8, 4) is 5.75 Å². The molecule has 26 nitrogen and oxygen atoms in total. The second-order valence-corrected chi connectivity index (χ2v) is 29.0. The summed E-state index contributed by atoms with van der Waals surface area (Å²) in [5.74, 6) is -2.34. The summed E-state index contributed by atoms with van der Waals surface area (Å²) in [5.41, 5.74) is 23.0. The minimum absolute atomic E-state index is 0.0550. The van der Waals surface area contributed by atoms with Crippen LogP contribution in [0.2, 0.25) is 0 Å². The van der Waals surface area contributed by atoms with Gasteiger partial charge in [-0.15, -0.1) is 12.6 Å². The molecule has 0 fully saturated rings. The maximum absolute atomic E-state index is 14.4. The number of carboxylic acids is 2. The van der Waals surface area contributed by atoms with E-state index in [1.54, 1.807) is 0 Å². The number of anilines is 1. The zero-order valence-electron chi connectivity index (χ0n) is 65.0. The van der Waals surface area contributed by atoms with E-state index < -0.39 is 53.0 Å². The van der Waals surface area contributed by atoms with Gasteiger partial charge in [0.15, 0.2) is 17.5 Å². The predicted octanol–water partition coefficient (Wildman–Crippen LogP) is 11.7. The zero-order chi connectivity index (χ0) is 81.7. The molecule has 0 saturated heterocycles. The number of rotatable bonds is 44. The highest BCUT2D eigenvalue weighted by Crippen LogP contribution is 2.48. The quantitative estimate of drug-likeness (QED) is 0.00882. The molecule has 4 aromatic rings. The molecule has 0 unspecified atom stereocenters. The number of aliphatic carboxylic acids is 2. The molecule has 4 aromatic carbocycles. The molecule has 0 aromatic heterocycles. The molecule has 27 heteroatoms. The number of unbranched alkanes of at least 4 members (excludes halogenated alkanes) is 8. The normalized spacial score (nSPS) is 15.1. The molecular weight excluding hydrogens is 1440 g/mol. The molecule has 600 valence electrons. The second kappa shape index (κ2) is 50.1. The van der Waals surface area contributed by atoms with Gasteiger partial charge in [-0.05, 0) is 156 Å². The molecule has 2 heterocycles. The molecule has 1 aliphatic carbocycles. The van der Waals surface area contributed by atoms with Gasteiger partial charge in [-0.3, -0.25) is 29.0 Å². The first-order chi connectivity index (χ1) is 53.2. The van der Waals surface area contributed by atoms with Crippen LogP contribution in [0.1, 0.15) is 211 Å².